The summed E-state index contributed by atoms with van der Waals surface area (Å²) in [5.41, 5.74) is 6.36. The van der Waals surface area contributed by atoms with Crippen LogP contribution in [-0.2, 0) is 14.3 Å². The van der Waals surface area contributed by atoms with Crippen LogP contribution in [0, 0.1) is 0 Å². The molecular formula is C11H13N3O4. The second kappa shape index (κ2) is 4.99. The van der Waals surface area contributed by atoms with Gasteiger partial charge in [-0.15, -0.1) is 0 Å². The first kappa shape index (κ1) is 12.3. The van der Waals surface area contributed by atoms with E-state index in [0.29, 0.717) is 6.54 Å². The highest BCUT2D eigenvalue weighted by Crippen LogP contribution is 2.26. The number of allylic oxidation sites excluding steroid dienone is 1. The summed E-state index contributed by atoms with van der Waals surface area (Å²) in [6.45, 7) is 0.297. The minimum Gasteiger partial charge on any atom is -0.478 e. The molecule has 0 bridgehead atoms. The van der Waals surface area contributed by atoms with E-state index in [2.05, 4.69) is 9.98 Å². The van der Waals surface area contributed by atoms with Gasteiger partial charge < -0.3 is 15.6 Å². The van der Waals surface area contributed by atoms with Crippen molar-refractivity contribution >= 4 is 23.5 Å². The van der Waals surface area contributed by atoms with Gasteiger partial charge in [0.15, 0.2) is 5.71 Å². The number of primary amides is 1. The second-order valence-corrected chi connectivity index (χ2v) is 4.01. The van der Waals surface area contributed by atoms with Gasteiger partial charge in [-0.25, -0.2) is 9.79 Å². The van der Waals surface area contributed by atoms with Gasteiger partial charge in [0.05, 0.1) is 13.1 Å². The predicted molar refractivity (Wildman–Crippen MR) is 63.6 cm³/mol. The lowest BCUT2D eigenvalue weighted by atomic mass is 10.3. The van der Waals surface area contributed by atoms with E-state index in [1.54, 1.807) is 0 Å². The van der Waals surface area contributed by atoms with E-state index in [4.69, 9.17) is 15.6 Å². The molecule has 1 saturated carbocycles. The number of ether oxygens (including phenoxy) is 1. The standard InChI is InChI=1S/C11H13N3O4/c12-9(15)8(13-4-3-6-1-2-6)10-14-5-7(18-10)11(16)17/h3,7H,1-2,4-5H2,(H2,12,15)(H,16,17). The Bertz CT molecular complexity index is 473. The summed E-state index contributed by atoms with van der Waals surface area (Å²) in [6.07, 6.45) is 2.99. The third-order valence-electron chi connectivity index (χ3n) is 2.53. The normalized spacial score (nSPS) is 22.2. The van der Waals surface area contributed by atoms with Crippen molar-refractivity contribution in [2.45, 2.75) is 18.9 Å². The summed E-state index contributed by atoms with van der Waals surface area (Å²) < 4.78 is 5.02. The molecule has 0 saturated heterocycles. The molecular weight excluding hydrogens is 238 g/mol. The van der Waals surface area contributed by atoms with Gasteiger partial charge in [0, 0.05) is 0 Å². The number of aliphatic carboxylic acids is 1. The van der Waals surface area contributed by atoms with Crippen LogP contribution in [0.4, 0.5) is 0 Å². The number of amides is 1. The number of hydrogen-bond acceptors (Lipinski definition) is 5. The Hall–Kier alpha value is -2.18. The molecule has 2 aliphatic rings. The average Bonchev–Trinajstić information content (AvgIpc) is 2.99. The first-order valence-electron chi connectivity index (χ1n) is 5.54. The van der Waals surface area contributed by atoms with Crippen LogP contribution in [0.1, 0.15) is 12.8 Å². The molecule has 0 spiro atoms. The minimum atomic E-state index is -1.13. The van der Waals surface area contributed by atoms with Crippen molar-refractivity contribution in [3.05, 3.63) is 11.6 Å². The molecule has 0 radical (unpaired) electrons. The Morgan fingerprint density at radius 2 is 2.28 bits per heavy atom. The monoisotopic (exact) mass is 251 g/mol. The van der Waals surface area contributed by atoms with Crippen molar-refractivity contribution in [1.29, 1.82) is 0 Å². The van der Waals surface area contributed by atoms with E-state index in [1.807, 2.05) is 6.08 Å². The molecule has 7 heteroatoms. The van der Waals surface area contributed by atoms with Crippen molar-refractivity contribution in [2.24, 2.45) is 15.7 Å². The van der Waals surface area contributed by atoms with Crippen molar-refractivity contribution < 1.29 is 19.4 Å². The number of rotatable bonds is 5. The molecule has 3 N–H and O–H groups in total. The van der Waals surface area contributed by atoms with Crippen LogP contribution in [0.25, 0.3) is 0 Å². The first-order chi connectivity index (χ1) is 8.58. The summed E-state index contributed by atoms with van der Waals surface area (Å²) in [6, 6.07) is 0. The molecule has 2 rings (SSSR count). The van der Waals surface area contributed by atoms with Crippen molar-refractivity contribution in [3.8, 4) is 0 Å². The van der Waals surface area contributed by atoms with Crippen LogP contribution < -0.4 is 5.73 Å². The summed E-state index contributed by atoms with van der Waals surface area (Å²) in [7, 11) is 0. The summed E-state index contributed by atoms with van der Waals surface area (Å²) in [4.78, 5) is 29.7. The van der Waals surface area contributed by atoms with Crippen LogP contribution in [-0.4, -0.2) is 47.8 Å². The number of nitrogens with two attached hydrogens (primary N) is 1. The molecule has 1 atom stereocenters. The first-order valence-corrected chi connectivity index (χ1v) is 5.54. The molecule has 1 heterocycles. The maximum atomic E-state index is 11.2. The summed E-state index contributed by atoms with van der Waals surface area (Å²) in [5, 5.41) is 8.74. The van der Waals surface area contributed by atoms with Gasteiger partial charge in [-0.05, 0) is 12.8 Å². The lowest BCUT2D eigenvalue weighted by molar-refractivity contribution is -0.144. The van der Waals surface area contributed by atoms with Crippen LogP contribution in [0.2, 0.25) is 0 Å². The summed E-state index contributed by atoms with van der Waals surface area (Å²) in [5.74, 6) is -1.98. The Morgan fingerprint density at radius 3 is 2.78 bits per heavy atom. The van der Waals surface area contributed by atoms with E-state index in [9.17, 15) is 9.59 Å². The molecule has 0 aromatic carbocycles. The Labute approximate surface area is 103 Å². The zero-order chi connectivity index (χ0) is 13.1. The van der Waals surface area contributed by atoms with Gasteiger partial charge in [0.25, 0.3) is 5.91 Å². The van der Waals surface area contributed by atoms with Crippen molar-refractivity contribution in [1.82, 2.24) is 0 Å². The van der Waals surface area contributed by atoms with E-state index in [1.165, 1.54) is 5.57 Å². The van der Waals surface area contributed by atoms with Crippen LogP contribution in [0.3, 0.4) is 0 Å². The van der Waals surface area contributed by atoms with Gasteiger partial charge in [0.2, 0.25) is 12.0 Å². The molecule has 1 aliphatic heterocycles. The smallest absolute Gasteiger partial charge is 0.346 e. The van der Waals surface area contributed by atoms with E-state index in [0.717, 1.165) is 12.8 Å². The SMILES string of the molecule is NC(=O)C(=NCC=C1CC1)C1=NCC(C(=O)O)O1. The average molecular weight is 251 g/mol. The lowest BCUT2D eigenvalue weighted by Crippen LogP contribution is -2.33. The minimum absolute atomic E-state index is 0.0297. The highest BCUT2D eigenvalue weighted by molar-refractivity contribution is 6.65. The van der Waals surface area contributed by atoms with Crippen LogP contribution in [0.15, 0.2) is 21.6 Å². The van der Waals surface area contributed by atoms with Gasteiger partial charge in [-0.1, -0.05) is 11.6 Å². The molecule has 96 valence electrons. The third kappa shape index (κ3) is 2.93. The molecule has 18 heavy (non-hydrogen) atoms. The molecule has 1 aliphatic carbocycles. The Morgan fingerprint density at radius 1 is 1.56 bits per heavy atom. The number of aliphatic imine (C=N–C) groups is 2. The molecule has 1 unspecified atom stereocenters. The fourth-order valence-corrected chi connectivity index (χ4v) is 1.43. The van der Waals surface area contributed by atoms with Crippen LogP contribution in [0.5, 0.6) is 0 Å². The van der Waals surface area contributed by atoms with Crippen molar-refractivity contribution in [2.75, 3.05) is 13.1 Å². The number of nitrogens with zero attached hydrogens (tertiary/aromatic N) is 2. The van der Waals surface area contributed by atoms with Gasteiger partial charge >= 0.3 is 5.97 Å². The highest BCUT2D eigenvalue weighted by atomic mass is 16.5. The Balaban J connectivity index is 2.04. The quantitative estimate of drug-likeness (QED) is 0.507. The molecule has 0 aromatic rings. The number of hydrogen-bond donors (Lipinski definition) is 2. The fraction of sp³-hybridized carbons (Fsp3) is 0.455. The number of carbonyl (C=O) groups is 2. The molecule has 0 aromatic heterocycles. The molecule has 1 amide bonds. The van der Waals surface area contributed by atoms with E-state index in [-0.39, 0.29) is 18.2 Å². The zero-order valence-electron chi connectivity index (χ0n) is 9.63. The van der Waals surface area contributed by atoms with E-state index < -0.39 is 18.0 Å². The fourth-order valence-electron chi connectivity index (χ4n) is 1.43. The number of carbonyl (C=O) groups excluding carboxylic acids is 1. The van der Waals surface area contributed by atoms with Gasteiger partial charge in [0.1, 0.15) is 0 Å². The number of carboxylic acid groups (broad SMARTS) is 1. The van der Waals surface area contributed by atoms with Gasteiger partial charge in [-0.2, -0.15) is 0 Å². The predicted octanol–water partition coefficient (Wildman–Crippen LogP) is -0.485. The molecule has 1 fully saturated rings. The summed E-state index contributed by atoms with van der Waals surface area (Å²) >= 11 is 0. The zero-order valence-corrected chi connectivity index (χ0v) is 9.63. The Kier molecular flexibility index (Phi) is 3.40. The van der Waals surface area contributed by atoms with Crippen LogP contribution >= 0.6 is 0 Å². The number of carboxylic acids is 1. The van der Waals surface area contributed by atoms with Crippen molar-refractivity contribution in [3.63, 3.8) is 0 Å². The maximum Gasteiger partial charge on any atom is 0.346 e. The maximum absolute atomic E-state index is 11.2. The topological polar surface area (TPSA) is 114 Å². The largest absolute Gasteiger partial charge is 0.478 e. The third-order valence-corrected chi connectivity index (χ3v) is 2.53. The highest BCUT2D eigenvalue weighted by Gasteiger charge is 2.30. The van der Waals surface area contributed by atoms with Gasteiger partial charge in [-0.3, -0.25) is 9.79 Å². The molecule has 7 nitrogen and oxygen atoms in total. The second-order valence-electron chi connectivity index (χ2n) is 4.01. The lowest BCUT2D eigenvalue weighted by Gasteiger charge is -2.06. The van der Waals surface area contributed by atoms with E-state index >= 15 is 0 Å².